The van der Waals surface area contributed by atoms with Gasteiger partial charge in [0.25, 0.3) is 0 Å². The number of hydrogen-bond donors (Lipinski definition) is 1. The van der Waals surface area contributed by atoms with Crippen molar-refractivity contribution in [1.29, 1.82) is 0 Å². The average molecular weight is 297 g/mol. The van der Waals surface area contributed by atoms with Crippen LogP contribution in [-0.2, 0) is 0 Å². The molecule has 20 heavy (non-hydrogen) atoms. The lowest BCUT2D eigenvalue weighted by molar-refractivity contribution is 0.189. The second-order valence-corrected chi connectivity index (χ2v) is 7.47. The van der Waals surface area contributed by atoms with Gasteiger partial charge in [-0.05, 0) is 31.4 Å². The van der Waals surface area contributed by atoms with Gasteiger partial charge in [0.05, 0.1) is 0 Å². The Morgan fingerprint density at radius 1 is 1.00 bits per heavy atom. The maximum absolute atomic E-state index is 12.3. The van der Waals surface area contributed by atoms with Gasteiger partial charge >= 0.3 is 6.03 Å². The van der Waals surface area contributed by atoms with Crippen molar-refractivity contribution in [3.8, 4) is 0 Å². The van der Waals surface area contributed by atoms with E-state index in [1.165, 1.54) is 50.2 Å². The summed E-state index contributed by atoms with van der Waals surface area (Å²) in [5.41, 5.74) is 0. The third-order valence-electron chi connectivity index (χ3n) is 4.92. The monoisotopic (exact) mass is 297 g/mol. The molecule has 1 saturated carbocycles. The molecule has 0 aromatic rings. The maximum atomic E-state index is 12.3. The zero-order chi connectivity index (χ0) is 13.8. The van der Waals surface area contributed by atoms with E-state index in [1.807, 2.05) is 4.90 Å². The zero-order valence-electron chi connectivity index (χ0n) is 12.4. The van der Waals surface area contributed by atoms with Gasteiger partial charge in [0.2, 0.25) is 0 Å². The van der Waals surface area contributed by atoms with Crippen LogP contribution in [0, 0.1) is 0 Å². The maximum Gasteiger partial charge on any atom is 0.317 e. The van der Waals surface area contributed by atoms with Gasteiger partial charge in [0.15, 0.2) is 0 Å². The molecule has 2 saturated heterocycles. The molecule has 1 unspecified atom stereocenters. The summed E-state index contributed by atoms with van der Waals surface area (Å²) in [6.07, 6.45) is 7.35. The highest BCUT2D eigenvalue weighted by Crippen LogP contribution is 2.23. The highest BCUT2D eigenvalue weighted by Gasteiger charge is 2.27. The molecule has 3 fully saturated rings. The van der Waals surface area contributed by atoms with Crippen molar-refractivity contribution in [2.75, 3.05) is 37.7 Å². The topological polar surface area (TPSA) is 35.6 Å². The zero-order valence-corrected chi connectivity index (χ0v) is 13.2. The van der Waals surface area contributed by atoms with Crippen LogP contribution in [0.3, 0.4) is 0 Å². The summed E-state index contributed by atoms with van der Waals surface area (Å²) in [4.78, 5) is 17.0. The third kappa shape index (κ3) is 3.61. The normalized spacial score (nSPS) is 29.6. The number of nitrogens with one attached hydrogen (secondary N) is 1. The second-order valence-electron chi connectivity index (χ2n) is 6.32. The lowest BCUT2D eigenvalue weighted by atomic mass is 10.2. The van der Waals surface area contributed by atoms with Gasteiger partial charge in [-0.25, -0.2) is 4.79 Å². The molecule has 0 radical (unpaired) electrons. The number of rotatable bonds is 2. The molecule has 0 bridgehead atoms. The summed E-state index contributed by atoms with van der Waals surface area (Å²) in [5, 5.41) is 3.23. The van der Waals surface area contributed by atoms with Crippen LogP contribution in [0.4, 0.5) is 4.79 Å². The van der Waals surface area contributed by atoms with E-state index in [-0.39, 0.29) is 6.03 Å². The Morgan fingerprint density at radius 3 is 2.60 bits per heavy atom. The Morgan fingerprint density at radius 2 is 1.85 bits per heavy atom. The van der Waals surface area contributed by atoms with E-state index < -0.39 is 0 Å². The molecule has 2 amide bonds. The first kappa shape index (κ1) is 14.5. The fourth-order valence-electron chi connectivity index (χ4n) is 3.65. The molecule has 2 heterocycles. The quantitative estimate of drug-likeness (QED) is 0.848. The number of urea groups is 1. The molecular formula is C15H27N3OS. The van der Waals surface area contributed by atoms with Crippen molar-refractivity contribution in [3.05, 3.63) is 0 Å². The summed E-state index contributed by atoms with van der Waals surface area (Å²) in [7, 11) is 0. The molecule has 1 N–H and O–H groups in total. The largest absolute Gasteiger partial charge is 0.335 e. The van der Waals surface area contributed by atoms with Gasteiger partial charge in [-0.3, -0.25) is 4.90 Å². The third-order valence-corrected chi connectivity index (χ3v) is 6.07. The average Bonchev–Trinajstić information content (AvgIpc) is 3.09. The van der Waals surface area contributed by atoms with Gasteiger partial charge < -0.3 is 10.2 Å². The summed E-state index contributed by atoms with van der Waals surface area (Å²) < 4.78 is 0. The van der Waals surface area contributed by atoms with E-state index in [2.05, 4.69) is 22.0 Å². The van der Waals surface area contributed by atoms with Crippen LogP contribution in [0.5, 0.6) is 0 Å². The Balaban J connectivity index is 1.47. The van der Waals surface area contributed by atoms with Gasteiger partial charge in [-0.2, -0.15) is 11.8 Å². The number of nitrogens with zero attached hydrogens (tertiary/aromatic N) is 2. The second kappa shape index (κ2) is 7.03. The highest BCUT2D eigenvalue weighted by atomic mass is 32.2. The molecule has 114 valence electrons. The number of hydrogen-bond acceptors (Lipinski definition) is 3. The van der Waals surface area contributed by atoms with Gasteiger partial charge in [0, 0.05) is 44.0 Å². The number of thioether (sulfide) groups is 1. The van der Waals surface area contributed by atoms with Crippen LogP contribution in [0.2, 0.25) is 0 Å². The molecule has 5 heteroatoms. The molecule has 4 nitrogen and oxygen atoms in total. The van der Waals surface area contributed by atoms with Crippen LogP contribution in [0.1, 0.15) is 38.5 Å². The molecule has 0 spiro atoms. The highest BCUT2D eigenvalue weighted by molar-refractivity contribution is 7.99. The van der Waals surface area contributed by atoms with E-state index in [0.717, 1.165) is 32.1 Å². The lowest BCUT2D eigenvalue weighted by Gasteiger charge is -2.27. The predicted molar refractivity (Wildman–Crippen MR) is 84.3 cm³/mol. The van der Waals surface area contributed by atoms with Crippen LogP contribution in [-0.4, -0.2) is 65.6 Å². The molecule has 0 aromatic heterocycles. The van der Waals surface area contributed by atoms with E-state index in [9.17, 15) is 4.79 Å². The molecule has 1 atom stereocenters. The Hall–Kier alpha value is -0.420. The predicted octanol–water partition coefficient (Wildman–Crippen LogP) is 2.15. The first-order valence-electron chi connectivity index (χ1n) is 8.20. The first-order chi connectivity index (χ1) is 9.83. The van der Waals surface area contributed by atoms with Crippen molar-refractivity contribution in [2.24, 2.45) is 0 Å². The van der Waals surface area contributed by atoms with E-state index in [1.54, 1.807) is 0 Å². The first-order valence-corrected chi connectivity index (χ1v) is 9.35. The molecule has 2 aliphatic heterocycles. The molecule has 1 aliphatic carbocycles. The van der Waals surface area contributed by atoms with Gasteiger partial charge in [0.1, 0.15) is 0 Å². The molecule has 3 rings (SSSR count). The van der Waals surface area contributed by atoms with Crippen LogP contribution in [0.15, 0.2) is 0 Å². The van der Waals surface area contributed by atoms with Gasteiger partial charge in [-0.1, -0.05) is 12.8 Å². The Bertz CT molecular complexity index is 327. The van der Waals surface area contributed by atoms with Crippen molar-refractivity contribution < 1.29 is 4.79 Å². The fraction of sp³-hybridized carbons (Fsp3) is 0.933. The minimum absolute atomic E-state index is 0.180. The molecule has 3 aliphatic rings. The van der Waals surface area contributed by atoms with Crippen LogP contribution < -0.4 is 5.32 Å². The fourth-order valence-corrected chi connectivity index (χ4v) is 4.91. The summed E-state index contributed by atoms with van der Waals surface area (Å²) >= 11 is 2.08. The minimum atomic E-state index is 0.180. The molecule has 0 aromatic carbocycles. The van der Waals surface area contributed by atoms with E-state index in [4.69, 9.17) is 0 Å². The van der Waals surface area contributed by atoms with Crippen molar-refractivity contribution >= 4 is 17.8 Å². The van der Waals surface area contributed by atoms with Crippen molar-refractivity contribution in [3.63, 3.8) is 0 Å². The number of carbonyl (C=O) groups excluding carboxylic acids is 1. The summed E-state index contributed by atoms with van der Waals surface area (Å²) in [5.74, 6) is 2.60. The smallest absolute Gasteiger partial charge is 0.317 e. The molecular weight excluding hydrogens is 270 g/mol. The Kier molecular flexibility index (Phi) is 5.10. The number of carbonyl (C=O) groups is 1. The van der Waals surface area contributed by atoms with Crippen molar-refractivity contribution in [1.82, 2.24) is 15.1 Å². The van der Waals surface area contributed by atoms with E-state index >= 15 is 0 Å². The number of amides is 2. The minimum Gasteiger partial charge on any atom is -0.335 e. The lowest BCUT2D eigenvalue weighted by Crippen LogP contribution is -2.46. The Labute approximate surface area is 126 Å². The summed E-state index contributed by atoms with van der Waals surface area (Å²) in [6.45, 7) is 4.05. The standard InChI is InChI=1S/C15H27N3OS/c19-15(16-13-4-1-2-5-13)18-8-3-7-17(9-10-18)14-6-11-20-12-14/h13-14H,1-12H2,(H,16,19). The summed E-state index contributed by atoms with van der Waals surface area (Å²) in [6, 6.07) is 1.38. The van der Waals surface area contributed by atoms with Crippen LogP contribution in [0.25, 0.3) is 0 Å². The SMILES string of the molecule is O=C(NC1CCCC1)N1CCCN(C2CCSC2)CC1. The van der Waals surface area contributed by atoms with E-state index in [0.29, 0.717) is 6.04 Å². The van der Waals surface area contributed by atoms with Gasteiger partial charge in [-0.15, -0.1) is 0 Å². The van der Waals surface area contributed by atoms with Crippen LogP contribution >= 0.6 is 11.8 Å². The van der Waals surface area contributed by atoms with Crippen molar-refractivity contribution in [2.45, 2.75) is 50.6 Å².